The van der Waals surface area contributed by atoms with Gasteiger partial charge in [0, 0.05) is 7.11 Å². The van der Waals surface area contributed by atoms with Crippen LogP contribution in [0.25, 0.3) is 0 Å². The van der Waals surface area contributed by atoms with E-state index in [1.165, 1.54) is 0 Å². The van der Waals surface area contributed by atoms with Crippen molar-refractivity contribution in [1.29, 1.82) is 0 Å². The molecular weight excluding hydrogens is 164 g/mol. The fourth-order valence-corrected chi connectivity index (χ4v) is 1.21. The first kappa shape index (κ1) is 8.70. The van der Waals surface area contributed by atoms with Crippen molar-refractivity contribution in [2.24, 2.45) is 0 Å². The molecule has 0 amide bonds. The monoisotopic (exact) mass is 176 g/mol. The molecule has 11 heavy (non-hydrogen) atoms. The number of cyclic esters (lactones) is 1. The summed E-state index contributed by atoms with van der Waals surface area (Å²) in [5.41, 5.74) is 0. The highest BCUT2D eigenvalue weighted by atomic mass is 28.4. The van der Waals surface area contributed by atoms with Crippen LogP contribution in [0.1, 0.15) is 0 Å². The zero-order valence-corrected chi connectivity index (χ0v) is 7.92. The Hall–Kier alpha value is -0.393. The van der Waals surface area contributed by atoms with Crippen molar-refractivity contribution in [2.45, 2.75) is 19.2 Å². The number of rotatable bonds is 4. The van der Waals surface area contributed by atoms with Crippen molar-refractivity contribution < 1.29 is 18.4 Å². The molecule has 0 saturated carbocycles. The quantitative estimate of drug-likeness (QED) is 0.456. The van der Waals surface area contributed by atoms with Gasteiger partial charge in [0.2, 0.25) is 6.10 Å². The van der Waals surface area contributed by atoms with Crippen molar-refractivity contribution in [3.63, 3.8) is 0 Å². The van der Waals surface area contributed by atoms with E-state index >= 15 is 0 Å². The molecule has 1 aliphatic rings. The van der Waals surface area contributed by atoms with Crippen molar-refractivity contribution in [2.75, 3.05) is 13.7 Å². The Morgan fingerprint density at radius 3 is 2.55 bits per heavy atom. The maximum absolute atomic E-state index is 10.4. The molecule has 0 N–H and O–H groups in total. The predicted octanol–water partition coefficient (Wildman–Crippen LogP) is 0.277. The lowest BCUT2D eigenvalue weighted by molar-refractivity contribution is -0.117. The third-order valence-electron chi connectivity index (χ3n) is 1.54. The molecule has 64 valence electrons. The summed E-state index contributed by atoms with van der Waals surface area (Å²) in [6.45, 7) is 4.17. The average Bonchev–Trinajstić information content (AvgIpc) is 2.63. The molecule has 1 aliphatic heterocycles. The van der Waals surface area contributed by atoms with Crippen LogP contribution in [0.5, 0.6) is 0 Å². The molecule has 5 heteroatoms. The Morgan fingerprint density at radius 2 is 2.18 bits per heavy atom. The first-order valence-electron chi connectivity index (χ1n) is 3.45. The minimum atomic E-state index is -1.96. The summed E-state index contributed by atoms with van der Waals surface area (Å²) in [7, 11) is -0.349. The molecule has 0 aromatic rings. The highest BCUT2D eigenvalue weighted by Gasteiger charge is 2.40. The van der Waals surface area contributed by atoms with Gasteiger partial charge in [-0.2, -0.15) is 0 Å². The minimum absolute atomic E-state index is 0.175. The predicted molar refractivity (Wildman–Crippen MR) is 40.3 cm³/mol. The van der Waals surface area contributed by atoms with Gasteiger partial charge in [-0.15, -0.1) is 0 Å². The summed E-state index contributed by atoms with van der Waals surface area (Å²) >= 11 is 0. The first-order valence-corrected chi connectivity index (χ1v) is 6.26. The van der Waals surface area contributed by atoms with Crippen molar-refractivity contribution in [3.8, 4) is 0 Å². The van der Waals surface area contributed by atoms with Gasteiger partial charge in [-0.3, -0.25) is 0 Å². The fraction of sp³-hybridized carbons (Fsp3) is 0.833. The lowest BCUT2D eigenvalue weighted by Gasteiger charge is -2.18. The number of ether oxygens (including phenoxy) is 1. The van der Waals surface area contributed by atoms with Gasteiger partial charge in [0.05, 0.1) is 6.61 Å². The Morgan fingerprint density at radius 1 is 1.64 bits per heavy atom. The zero-order valence-electron chi connectivity index (χ0n) is 6.92. The number of carbonyl (C=O) groups excluding carboxylic acids is 1. The number of hydrogen-bond acceptors (Lipinski definition) is 4. The largest absolute Gasteiger partial charge is 0.445 e. The summed E-state index contributed by atoms with van der Waals surface area (Å²) < 4.78 is 15.0. The highest BCUT2D eigenvalue weighted by Crippen LogP contribution is 2.15. The van der Waals surface area contributed by atoms with Crippen LogP contribution < -0.4 is 0 Å². The third-order valence-corrected chi connectivity index (χ3v) is 3.38. The van der Waals surface area contributed by atoms with Crippen LogP contribution in [0, 0.1) is 0 Å². The summed E-state index contributed by atoms with van der Waals surface area (Å²) in [5, 5.41) is 0. The standard InChI is InChI=1S/C6H12O4Si/c1-8-11(2,3)9-4-5-6(7)10-5/h5H,4H2,1-3H3. The number of hydrogen-bond donors (Lipinski definition) is 0. The molecule has 0 aliphatic carbocycles. The average molecular weight is 176 g/mol. The van der Waals surface area contributed by atoms with E-state index in [-0.39, 0.29) is 12.1 Å². The topological polar surface area (TPSA) is 48.1 Å². The van der Waals surface area contributed by atoms with Crippen molar-refractivity contribution in [1.82, 2.24) is 0 Å². The van der Waals surface area contributed by atoms with Crippen LogP contribution in [-0.4, -0.2) is 34.4 Å². The number of carbonyl (C=O) groups is 1. The van der Waals surface area contributed by atoms with Crippen LogP contribution >= 0.6 is 0 Å². The van der Waals surface area contributed by atoms with Gasteiger partial charge in [-0.1, -0.05) is 0 Å². The molecule has 1 unspecified atom stereocenters. The van der Waals surface area contributed by atoms with Gasteiger partial charge in [0.25, 0.3) is 0 Å². The van der Waals surface area contributed by atoms with Crippen LogP contribution in [0.2, 0.25) is 13.1 Å². The molecule has 0 spiro atoms. The highest BCUT2D eigenvalue weighted by molar-refractivity contribution is 6.64. The second kappa shape index (κ2) is 2.92. The Balaban J connectivity index is 2.16. The van der Waals surface area contributed by atoms with Crippen molar-refractivity contribution in [3.05, 3.63) is 0 Å². The SMILES string of the molecule is CO[Si](C)(C)OCC1OC1=O. The molecule has 4 nitrogen and oxygen atoms in total. The van der Waals surface area contributed by atoms with Crippen LogP contribution in [0.3, 0.4) is 0 Å². The summed E-state index contributed by atoms with van der Waals surface area (Å²) in [6.07, 6.45) is -0.322. The van der Waals surface area contributed by atoms with E-state index in [0.717, 1.165) is 0 Å². The maximum atomic E-state index is 10.4. The molecule has 1 rings (SSSR count). The third kappa shape index (κ3) is 2.61. The summed E-state index contributed by atoms with van der Waals surface area (Å²) in [4.78, 5) is 10.4. The fourth-order valence-electron chi connectivity index (χ4n) is 0.544. The summed E-state index contributed by atoms with van der Waals surface area (Å²) in [5.74, 6) is -0.175. The molecule has 1 saturated heterocycles. The van der Waals surface area contributed by atoms with Gasteiger partial charge in [-0.25, -0.2) is 4.79 Å². The van der Waals surface area contributed by atoms with E-state index < -0.39 is 8.56 Å². The maximum Gasteiger partial charge on any atom is 0.350 e. The molecule has 0 aromatic heterocycles. The van der Waals surface area contributed by atoms with Crippen LogP contribution in [0.4, 0.5) is 0 Å². The van der Waals surface area contributed by atoms with Gasteiger partial charge in [0.1, 0.15) is 0 Å². The molecule has 0 radical (unpaired) electrons. The smallest absolute Gasteiger partial charge is 0.350 e. The lowest BCUT2D eigenvalue weighted by Crippen LogP contribution is -2.34. The molecule has 0 bridgehead atoms. The minimum Gasteiger partial charge on any atom is -0.445 e. The first-order chi connectivity index (χ1) is 5.05. The second-order valence-electron chi connectivity index (χ2n) is 2.84. The Labute approximate surface area is 66.7 Å². The van der Waals surface area contributed by atoms with Crippen molar-refractivity contribution >= 4 is 14.5 Å². The van der Waals surface area contributed by atoms with Gasteiger partial charge >= 0.3 is 14.5 Å². The normalized spacial score (nSPS) is 23.2. The zero-order chi connectivity index (χ0) is 8.48. The second-order valence-corrected chi connectivity index (χ2v) is 6.34. The van der Waals surface area contributed by atoms with Crippen LogP contribution in [0.15, 0.2) is 0 Å². The molecule has 1 fully saturated rings. The molecule has 1 atom stereocenters. The van der Waals surface area contributed by atoms with Gasteiger partial charge < -0.3 is 13.6 Å². The van der Waals surface area contributed by atoms with Gasteiger partial charge in [0.15, 0.2) is 0 Å². The van der Waals surface area contributed by atoms with Crippen LogP contribution in [-0.2, 0) is 18.4 Å². The van der Waals surface area contributed by atoms with E-state index in [9.17, 15) is 4.79 Å². The molecule has 0 aromatic carbocycles. The Kier molecular flexibility index (Phi) is 2.31. The lowest BCUT2D eigenvalue weighted by atomic mass is 10.5. The number of epoxide rings is 1. The van der Waals surface area contributed by atoms with Gasteiger partial charge in [-0.05, 0) is 13.1 Å². The van der Waals surface area contributed by atoms with E-state index in [1.54, 1.807) is 7.11 Å². The van der Waals surface area contributed by atoms with E-state index in [0.29, 0.717) is 6.61 Å². The summed E-state index contributed by atoms with van der Waals surface area (Å²) in [6, 6.07) is 0. The van der Waals surface area contributed by atoms with E-state index in [1.807, 2.05) is 13.1 Å². The molecular formula is C6H12O4Si. The van der Waals surface area contributed by atoms with E-state index in [2.05, 4.69) is 4.74 Å². The molecule has 1 heterocycles. The van der Waals surface area contributed by atoms with E-state index in [4.69, 9.17) is 8.85 Å². The Bertz CT molecular complexity index is 168.